The quantitative estimate of drug-likeness (QED) is 0.566. The lowest BCUT2D eigenvalue weighted by Gasteiger charge is -2.38. The molecule has 1 saturated heterocycles. The lowest BCUT2D eigenvalue weighted by molar-refractivity contribution is -0.141. The Morgan fingerprint density at radius 3 is 2.13 bits per heavy atom. The molecule has 3 aliphatic rings. The van der Waals surface area contributed by atoms with Gasteiger partial charge in [0.2, 0.25) is 12.5 Å². The van der Waals surface area contributed by atoms with Gasteiger partial charge in [-0.1, -0.05) is 0 Å². The van der Waals surface area contributed by atoms with Gasteiger partial charge in [0.1, 0.15) is 6.10 Å². The zero-order valence-corrected chi connectivity index (χ0v) is 17.4. The van der Waals surface area contributed by atoms with Crippen LogP contribution in [0.1, 0.15) is 28.7 Å². The fourth-order valence-electron chi connectivity index (χ4n) is 4.97. The summed E-state index contributed by atoms with van der Waals surface area (Å²) in [4.78, 5) is 18.2. The second-order valence-electron chi connectivity index (χ2n) is 7.65. The summed E-state index contributed by atoms with van der Waals surface area (Å²) in [6.45, 7) is 0.357. The van der Waals surface area contributed by atoms with Crippen molar-refractivity contribution in [2.45, 2.75) is 12.0 Å². The molecular weight excluding hydrogens is 406 g/mol. The number of hydrogen-bond acceptors (Lipinski definition) is 9. The Morgan fingerprint density at radius 2 is 1.55 bits per heavy atom. The predicted molar refractivity (Wildman–Crippen MR) is 106 cm³/mol. The van der Waals surface area contributed by atoms with E-state index in [0.29, 0.717) is 28.7 Å². The van der Waals surface area contributed by atoms with Gasteiger partial charge in [-0.15, -0.1) is 0 Å². The van der Waals surface area contributed by atoms with Gasteiger partial charge < -0.3 is 28.4 Å². The summed E-state index contributed by atoms with van der Waals surface area (Å²) in [5.74, 6) is 6.98. The number of ether oxygens (including phenoxy) is 6. The van der Waals surface area contributed by atoms with Gasteiger partial charge in [-0.25, -0.2) is 5.90 Å². The predicted octanol–water partition coefficient (Wildman–Crippen LogP) is 2.31. The van der Waals surface area contributed by atoms with E-state index in [0.717, 1.165) is 16.7 Å². The highest BCUT2D eigenvalue weighted by molar-refractivity contribution is 5.79. The van der Waals surface area contributed by atoms with Gasteiger partial charge in [0, 0.05) is 11.8 Å². The highest BCUT2D eigenvalue weighted by atomic mass is 16.7. The number of nitrogens with two attached hydrogens (primary N) is 1. The Balaban J connectivity index is 1.75. The molecule has 4 atom stereocenters. The molecule has 2 N–H and O–H groups in total. The molecule has 0 amide bonds. The highest BCUT2D eigenvalue weighted by Crippen LogP contribution is 2.56. The van der Waals surface area contributed by atoms with E-state index in [4.69, 9.17) is 39.2 Å². The molecular formula is C22H23NO8. The summed E-state index contributed by atoms with van der Waals surface area (Å²) < 4.78 is 33.2. The van der Waals surface area contributed by atoms with E-state index >= 15 is 0 Å². The Kier molecular flexibility index (Phi) is 4.79. The van der Waals surface area contributed by atoms with Crippen LogP contribution in [0.3, 0.4) is 0 Å². The molecule has 1 aliphatic carbocycles. The van der Waals surface area contributed by atoms with Gasteiger partial charge in [0.25, 0.3) is 0 Å². The molecule has 2 aliphatic heterocycles. The van der Waals surface area contributed by atoms with E-state index in [1.807, 2.05) is 24.3 Å². The second-order valence-corrected chi connectivity index (χ2v) is 7.65. The number of carbonyl (C=O) groups excluding carboxylic acids is 1. The van der Waals surface area contributed by atoms with Crippen LogP contribution in [0, 0.1) is 11.8 Å². The molecule has 2 aromatic carbocycles. The Hall–Kier alpha value is -3.17. The summed E-state index contributed by atoms with van der Waals surface area (Å²) in [6.07, 6.45) is -0.515. The Labute approximate surface area is 178 Å². The molecule has 0 spiro atoms. The maximum atomic E-state index is 12.9. The van der Waals surface area contributed by atoms with Gasteiger partial charge in [-0.2, -0.15) is 0 Å². The number of carbonyl (C=O) groups is 1. The van der Waals surface area contributed by atoms with Gasteiger partial charge in [0.05, 0.1) is 33.9 Å². The fraction of sp³-hybridized carbons (Fsp3) is 0.409. The largest absolute Gasteiger partial charge is 0.493 e. The van der Waals surface area contributed by atoms with E-state index < -0.39 is 12.0 Å². The summed E-state index contributed by atoms with van der Waals surface area (Å²) in [7, 11) is 4.65. The molecule has 31 heavy (non-hydrogen) atoms. The third kappa shape index (κ3) is 2.88. The smallest absolute Gasteiger partial charge is 0.310 e. The van der Waals surface area contributed by atoms with Crippen LogP contribution in [0.4, 0.5) is 0 Å². The topological polar surface area (TPSA) is 108 Å². The Morgan fingerprint density at radius 1 is 0.903 bits per heavy atom. The number of benzene rings is 2. The first-order valence-electron chi connectivity index (χ1n) is 9.86. The van der Waals surface area contributed by atoms with Crippen LogP contribution in [-0.4, -0.2) is 40.7 Å². The maximum Gasteiger partial charge on any atom is 0.310 e. The maximum absolute atomic E-state index is 12.9. The third-order valence-electron chi connectivity index (χ3n) is 6.31. The van der Waals surface area contributed by atoms with Crippen LogP contribution in [0.5, 0.6) is 28.7 Å². The number of methoxy groups -OCH3 is 3. The van der Waals surface area contributed by atoms with Gasteiger partial charge in [0.15, 0.2) is 23.0 Å². The number of esters is 1. The molecule has 1 fully saturated rings. The zero-order valence-electron chi connectivity index (χ0n) is 17.4. The molecule has 0 radical (unpaired) electrons. The summed E-state index contributed by atoms with van der Waals surface area (Å²) in [5, 5.41) is 0. The van der Waals surface area contributed by atoms with E-state index in [9.17, 15) is 4.79 Å². The minimum absolute atomic E-state index is 0.135. The van der Waals surface area contributed by atoms with Crippen molar-refractivity contribution in [3.63, 3.8) is 0 Å². The van der Waals surface area contributed by atoms with Crippen molar-refractivity contribution in [2.75, 3.05) is 34.7 Å². The molecule has 0 unspecified atom stereocenters. The van der Waals surface area contributed by atoms with Crippen LogP contribution >= 0.6 is 0 Å². The fourth-order valence-corrected chi connectivity index (χ4v) is 4.97. The average Bonchev–Trinajstić information content (AvgIpc) is 3.41. The van der Waals surface area contributed by atoms with Crippen molar-refractivity contribution in [3.8, 4) is 28.7 Å². The first-order chi connectivity index (χ1) is 15.1. The van der Waals surface area contributed by atoms with E-state index in [1.54, 1.807) is 21.3 Å². The van der Waals surface area contributed by atoms with Crippen molar-refractivity contribution >= 4 is 5.97 Å². The molecule has 0 aromatic heterocycles. The van der Waals surface area contributed by atoms with Crippen molar-refractivity contribution in [2.24, 2.45) is 17.7 Å². The monoisotopic (exact) mass is 429 g/mol. The number of hydrogen-bond donors (Lipinski definition) is 1. The SMILES string of the molecule is COc1cc([C@@H]2c3cc4c(cc3[C@H](ON)[C@H]3COC(=O)[C@H]23)OCO4)cc(OC)c1OC. The van der Waals surface area contributed by atoms with Gasteiger partial charge in [-0.3, -0.25) is 9.63 Å². The third-order valence-corrected chi connectivity index (χ3v) is 6.31. The number of fused-ring (bicyclic) bond motifs is 3. The lowest BCUT2D eigenvalue weighted by Crippen LogP contribution is -2.36. The van der Waals surface area contributed by atoms with Crippen molar-refractivity contribution in [1.29, 1.82) is 0 Å². The van der Waals surface area contributed by atoms with Crippen LogP contribution in [-0.2, 0) is 14.4 Å². The molecule has 164 valence electrons. The van der Waals surface area contributed by atoms with Gasteiger partial charge in [-0.05, 0) is 41.0 Å². The summed E-state index contributed by atoms with van der Waals surface area (Å²) in [6, 6.07) is 7.47. The average molecular weight is 429 g/mol. The normalized spacial score (nSPS) is 25.5. The van der Waals surface area contributed by atoms with Crippen LogP contribution in [0.15, 0.2) is 24.3 Å². The number of rotatable bonds is 5. The molecule has 0 saturated carbocycles. The highest BCUT2D eigenvalue weighted by Gasteiger charge is 2.53. The molecule has 2 aromatic rings. The molecule has 2 heterocycles. The lowest BCUT2D eigenvalue weighted by atomic mass is 9.66. The minimum Gasteiger partial charge on any atom is -0.493 e. The summed E-state index contributed by atoms with van der Waals surface area (Å²) >= 11 is 0. The standard InChI is InChI=1S/C22H23NO8/c1-25-16-4-10(5-17(26-2)21(16)27-3)18-11-6-14-15(30-9-29-14)7-12(11)20(31-23)13-8-28-22(24)19(13)18/h4-7,13,18-20H,8-9,23H2,1-3H3/t13-,18+,19-,20-/m0/s1. The minimum atomic E-state index is -0.515. The van der Waals surface area contributed by atoms with E-state index in [1.165, 1.54) is 0 Å². The zero-order chi connectivity index (χ0) is 21.7. The molecule has 5 rings (SSSR count). The van der Waals surface area contributed by atoms with Crippen LogP contribution < -0.4 is 29.6 Å². The summed E-state index contributed by atoms with van der Waals surface area (Å²) in [5.41, 5.74) is 2.51. The van der Waals surface area contributed by atoms with Crippen LogP contribution in [0.2, 0.25) is 0 Å². The van der Waals surface area contributed by atoms with Crippen molar-refractivity contribution in [1.82, 2.24) is 0 Å². The van der Waals surface area contributed by atoms with Crippen LogP contribution in [0.25, 0.3) is 0 Å². The van der Waals surface area contributed by atoms with Crippen molar-refractivity contribution in [3.05, 3.63) is 41.0 Å². The first-order valence-corrected chi connectivity index (χ1v) is 9.86. The van der Waals surface area contributed by atoms with E-state index in [2.05, 4.69) is 0 Å². The Bertz CT molecular complexity index is 1010. The first kappa shape index (κ1) is 19.8. The molecule has 9 nitrogen and oxygen atoms in total. The molecule has 9 heteroatoms. The van der Waals surface area contributed by atoms with Gasteiger partial charge >= 0.3 is 5.97 Å². The molecule has 0 bridgehead atoms. The second kappa shape index (κ2) is 7.51. The number of cyclic esters (lactones) is 1. The van der Waals surface area contributed by atoms with Crippen molar-refractivity contribution < 1.29 is 38.1 Å². The van der Waals surface area contributed by atoms with E-state index in [-0.39, 0.29) is 31.2 Å².